The molecule has 2 nitrogen and oxygen atoms in total. The average Bonchev–Trinajstić information content (AvgIpc) is 2.54. The quantitative estimate of drug-likeness (QED) is 0.832. The molecular formula is C13H19FN2. The maximum absolute atomic E-state index is 12.9. The fraction of sp³-hybridized carbons (Fsp3) is 0.538. The van der Waals surface area contributed by atoms with E-state index in [0.717, 1.165) is 18.7 Å². The van der Waals surface area contributed by atoms with E-state index in [-0.39, 0.29) is 11.4 Å². The molecule has 2 N–H and O–H groups in total. The van der Waals surface area contributed by atoms with Crippen molar-refractivity contribution >= 4 is 5.69 Å². The summed E-state index contributed by atoms with van der Waals surface area (Å²) in [5.74, 6) is 0.327. The summed E-state index contributed by atoms with van der Waals surface area (Å²) in [5, 5.41) is 0. The molecule has 0 spiro atoms. The second-order valence-corrected chi connectivity index (χ2v) is 5.00. The summed E-state index contributed by atoms with van der Waals surface area (Å²) < 4.78 is 12.9. The van der Waals surface area contributed by atoms with E-state index >= 15 is 0 Å². The van der Waals surface area contributed by atoms with Crippen LogP contribution in [0.5, 0.6) is 0 Å². The van der Waals surface area contributed by atoms with Crippen molar-refractivity contribution in [1.82, 2.24) is 0 Å². The molecule has 0 radical (unpaired) electrons. The fourth-order valence-electron chi connectivity index (χ4n) is 2.64. The molecule has 0 amide bonds. The molecule has 1 saturated heterocycles. The molecule has 1 fully saturated rings. The SMILES string of the molecule is CC1(C)C(CN)CCN1c1ccc(F)cc1. The first-order valence-corrected chi connectivity index (χ1v) is 5.79. The third-order valence-electron chi connectivity index (χ3n) is 3.82. The van der Waals surface area contributed by atoms with Crippen LogP contribution in [0, 0.1) is 11.7 Å². The zero-order valence-electron chi connectivity index (χ0n) is 9.91. The third-order valence-corrected chi connectivity index (χ3v) is 3.82. The van der Waals surface area contributed by atoms with Gasteiger partial charge in [-0.1, -0.05) is 0 Å². The number of hydrogen-bond donors (Lipinski definition) is 1. The van der Waals surface area contributed by atoms with Crippen LogP contribution in [0.2, 0.25) is 0 Å². The molecule has 0 aliphatic carbocycles. The molecule has 1 aliphatic heterocycles. The largest absolute Gasteiger partial charge is 0.366 e. The smallest absolute Gasteiger partial charge is 0.123 e. The highest BCUT2D eigenvalue weighted by atomic mass is 19.1. The summed E-state index contributed by atoms with van der Waals surface area (Å²) >= 11 is 0. The third kappa shape index (κ3) is 1.80. The van der Waals surface area contributed by atoms with Crippen LogP contribution >= 0.6 is 0 Å². The standard InChI is InChI=1S/C13H19FN2/c1-13(2)10(9-15)7-8-16(13)12-5-3-11(14)4-6-12/h3-6,10H,7-9,15H2,1-2H3. The number of benzene rings is 1. The van der Waals surface area contributed by atoms with Crippen molar-refractivity contribution in [1.29, 1.82) is 0 Å². The van der Waals surface area contributed by atoms with Crippen LogP contribution in [0.1, 0.15) is 20.3 Å². The predicted molar refractivity (Wildman–Crippen MR) is 65.0 cm³/mol. The minimum Gasteiger partial charge on any atom is -0.366 e. The molecule has 1 heterocycles. The van der Waals surface area contributed by atoms with Crippen molar-refractivity contribution < 1.29 is 4.39 Å². The first-order chi connectivity index (χ1) is 7.55. The Hall–Kier alpha value is -1.09. The lowest BCUT2D eigenvalue weighted by atomic mass is 9.88. The van der Waals surface area contributed by atoms with Gasteiger partial charge in [0.1, 0.15) is 5.82 Å². The Bertz CT molecular complexity index is 359. The lowest BCUT2D eigenvalue weighted by Gasteiger charge is -2.37. The van der Waals surface area contributed by atoms with E-state index in [2.05, 4.69) is 18.7 Å². The number of rotatable bonds is 2. The Kier molecular flexibility index (Phi) is 2.89. The van der Waals surface area contributed by atoms with E-state index in [0.29, 0.717) is 12.5 Å². The normalized spacial score (nSPS) is 23.8. The van der Waals surface area contributed by atoms with Gasteiger partial charge in [0.15, 0.2) is 0 Å². The van der Waals surface area contributed by atoms with E-state index in [1.165, 1.54) is 12.1 Å². The summed E-state index contributed by atoms with van der Waals surface area (Å²) in [4.78, 5) is 2.32. The summed E-state index contributed by atoms with van der Waals surface area (Å²) in [5.41, 5.74) is 6.93. The van der Waals surface area contributed by atoms with Crippen molar-refractivity contribution in [3.63, 3.8) is 0 Å². The van der Waals surface area contributed by atoms with E-state index in [1.807, 2.05) is 12.1 Å². The van der Waals surface area contributed by atoms with Gasteiger partial charge in [-0.3, -0.25) is 0 Å². The first kappa shape index (κ1) is 11.4. The number of nitrogens with zero attached hydrogens (tertiary/aromatic N) is 1. The first-order valence-electron chi connectivity index (χ1n) is 5.79. The maximum atomic E-state index is 12.9. The van der Waals surface area contributed by atoms with Gasteiger partial charge in [0, 0.05) is 17.8 Å². The summed E-state index contributed by atoms with van der Waals surface area (Å²) in [7, 11) is 0. The van der Waals surface area contributed by atoms with E-state index in [4.69, 9.17) is 5.73 Å². The van der Waals surface area contributed by atoms with Gasteiger partial charge in [-0.2, -0.15) is 0 Å². The highest BCUT2D eigenvalue weighted by Gasteiger charge is 2.40. The highest BCUT2D eigenvalue weighted by molar-refractivity contribution is 5.50. The van der Waals surface area contributed by atoms with Crippen LogP contribution in [0.15, 0.2) is 24.3 Å². The second kappa shape index (κ2) is 4.06. The molecule has 1 aromatic rings. The van der Waals surface area contributed by atoms with Gasteiger partial charge < -0.3 is 10.6 Å². The number of anilines is 1. The average molecular weight is 222 g/mol. The molecule has 1 aliphatic rings. The number of hydrogen-bond acceptors (Lipinski definition) is 2. The Morgan fingerprint density at radius 2 is 2.00 bits per heavy atom. The van der Waals surface area contributed by atoms with Crippen molar-refractivity contribution in [2.24, 2.45) is 11.7 Å². The van der Waals surface area contributed by atoms with E-state index < -0.39 is 0 Å². The zero-order chi connectivity index (χ0) is 11.8. The molecule has 1 aromatic carbocycles. The molecule has 2 rings (SSSR count). The Morgan fingerprint density at radius 1 is 1.38 bits per heavy atom. The molecule has 16 heavy (non-hydrogen) atoms. The topological polar surface area (TPSA) is 29.3 Å². The van der Waals surface area contributed by atoms with Gasteiger partial charge in [0.05, 0.1) is 0 Å². The van der Waals surface area contributed by atoms with Crippen LogP contribution in [-0.4, -0.2) is 18.6 Å². The van der Waals surface area contributed by atoms with Crippen LogP contribution in [-0.2, 0) is 0 Å². The molecule has 3 heteroatoms. The lowest BCUT2D eigenvalue weighted by Crippen LogP contribution is -2.44. The molecule has 88 valence electrons. The van der Waals surface area contributed by atoms with Crippen LogP contribution in [0.3, 0.4) is 0 Å². The Morgan fingerprint density at radius 3 is 2.50 bits per heavy atom. The van der Waals surface area contributed by atoms with Gasteiger partial charge in [-0.25, -0.2) is 4.39 Å². The summed E-state index contributed by atoms with van der Waals surface area (Å²) in [6.07, 6.45) is 1.11. The maximum Gasteiger partial charge on any atom is 0.123 e. The van der Waals surface area contributed by atoms with Crippen LogP contribution in [0.4, 0.5) is 10.1 Å². The van der Waals surface area contributed by atoms with E-state index in [1.54, 1.807) is 0 Å². The van der Waals surface area contributed by atoms with E-state index in [9.17, 15) is 4.39 Å². The van der Waals surface area contributed by atoms with Crippen molar-refractivity contribution in [2.45, 2.75) is 25.8 Å². The minimum absolute atomic E-state index is 0.0621. The van der Waals surface area contributed by atoms with Gasteiger partial charge in [-0.15, -0.1) is 0 Å². The summed E-state index contributed by atoms with van der Waals surface area (Å²) in [6.45, 7) is 6.13. The van der Waals surface area contributed by atoms with Crippen molar-refractivity contribution in [3.05, 3.63) is 30.1 Å². The van der Waals surface area contributed by atoms with Crippen molar-refractivity contribution in [2.75, 3.05) is 18.0 Å². The van der Waals surface area contributed by atoms with Gasteiger partial charge >= 0.3 is 0 Å². The molecule has 0 aromatic heterocycles. The lowest BCUT2D eigenvalue weighted by molar-refractivity contribution is 0.374. The highest BCUT2D eigenvalue weighted by Crippen LogP contribution is 2.37. The Labute approximate surface area is 96.2 Å². The molecule has 0 saturated carbocycles. The monoisotopic (exact) mass is 222 g/mol. The Balaban J connectivity index is 2.26. The number of halogens is 1. The molecule has 1 unspecified atom stereocenters. The van der Waals surface area contributed by atoms with Crippen molar-refractivity contribution in [3.8, 4) is 0 Å². The molecule has 0 bridgehead atoms. The second-order valence-electron chi connectivity index (χ2n) is 5.00. The molecule has 1 atom stereocenters. The van der Waals surface area contributed by atoms with Gasteiger partial charge in [0.2, 0.25) is 0 Å². The van der Waals surface area contributed by atoms with Crippen LogP contribution < -0.4 is 10.6 Å². The number of nitrogens with two attached hydrogens (primary N) is 1. The zero-order valence-corrected chi connectivity index (χ0v) is 9.91. The predicted octanol–water partition coefficient (Wildman–Crippen LogP) is 2.39. The van der Waals surface area contributed by atoms with Gasteiger partial charge in [0.25, 0.3) is 0 Å². The fourth-order valence-corrected chi connectivity index (χ4v) is 2.64. The van der Waals surface area contributed by atoms with Crippen LogP contribution in [0.25, 0.3) is 0 Å². The minimum atomic E-state index is -0.184. The van der Waals surface area contributed by atoms with Gasteiger partial charge in [-0.05, 0) is 57.0 Å². The molecular weight excluding hydrogens is 203 g/mol. The summed E-state index contributed by atoms with van der Waals surface area (Å²) in [6, 6.07) is 6.72.